The lowest BCUT2D eigenvalue weighted by molar-refractivity contribution is 0.100. The van der Waals surface area contributed by atoms with Crippen LogP contribution in [0.3, 0.4) is 0 Å². The summed E-state index contributed by atoms with van der Waals surface area (Å²) in [5.41, 5.74) is 6.44. The second kappa shape index (κ2) is 11.2. The first-order chi connectivity index (χ1) is 18.8. The summed E-state index contributed by atoms with van der Waals surface area (Å²) in [6, 6.07) is 34.3. The van der Waals surface area contributed by atoms with Crippen LogP contribution in [0.1, 0.15) is 40.1 Å². The van der Waals surface area contributed by atoms with E-state index in [0.717, 1.165) is 27.8 Å². The molecule has 0 spiro atoms. The largest absolute Gasteiger partial charge is 0.439 e. The highest BCUT2D eigenvalue weighted by molar-refractivity contribution is 5.95. The second-order valence-corrected chi connectivity index (χ2v) is 9.34. The number of aryl methyl sites for hydroxylation is 1. The van der Waals surface area contributed by atoms with Gasteiger partial charge in [-0.2, -0.15) is 4.98 Å². The van der Waals surface area contributed by atoms with Crippen molar-refractivity contribution in [1.82, 2.24) is 4.98 Å². The van der Waals surface area contributed by atoms with Crippen LogP contribution in [0.5, 0.6) is 23.3 Å². The zero-order valence-electron chi connectivity index (χ0n) is 22.0. The lowest BCUT2D eigenvalue weighted by Gasteiger charge is -2.11. The number of ether oxygens (including phenoxy) is 2. The summed E-state index contributed by atoms with van der Waals surface area (Å²) < 4.78 is 12.0. The number of hydrogen-bond acceptors (Lipinski definition) is 5. The van der Waals surface area contributed by atoms with E-state index in [0.29, 0.717) is 34.4 Å². The SMILES string of the molecule is CC(=O)c1ccc(-c2ccc(Oc3cc(C)cc(Oc4ccc(-c5ccc(C(C)=O)cc5)cc4)n3)cc2)cc1. The zero-order valence-corrected chi connectivity index (χ0v) is 22.0. The summed E-state index contributed by atoms with van der Waals surface area (Å²) in [6.45, 7) is 5.08. The molecule has 0 saturated heterocycles. The minimum absolute atomic E-state index is 0.0496. The van der Waals surface area contributed by atoms with E-state index in [2.05, 4.69) is 4.98 Å². The fourth-order valence-corrected chi connectivity index (χ4v) is 4.18. The molecule has 192 valence electrons. The Bertz CT molecular complexity index is 1500. The monoisotopic (exact) mass is 513 g/mol. The van der Waals surface area contributed by atoms with Crippen LogP contribution in [0.15, 0.2) is 109 Å². The van der Waals surface area contributed by atoms with Crippen molar-refractivity contribution < 1.29 is 19.1 Å². The molecule has 0 N–H and O–H groups in total. The van der Waals surface area contributed by atoms with Crippen LogP contribution in [0.2, 0.25) is 0 Å². The summed E-state index contributed by atoms with van der Waals surface area (Å²) in [6.07, 6.45) is 0. The Labute approximate surface area is 227 Å². The van der Waals surface area contributed by atoms with Crippen LogP contribution in [-0.2, 0) is 0 Å². The fourth-order valence-electron chi connectivity index (χ4n) is 4.18. The van der Waals surface area contributed by atoms with E-state index in [1.807, 2.05) is 116 Å². The molecule has 0 aliphatic rings. The molecule has 39 heavy (non-hydrogen) atoms. The van der Waals surface area contributed by atoms with Crippen LogP contribution in [-0.4, -0.2) is 16.6 Å². The maximum absolute atomic E-state index is 11.5. The Morgan fingerprint density at radius 2 is 0.821 bits per heavy atom. The highest BCUT2D eigenvalue weighted by Crippen LogP contribution is 2.30. The first-order valence-electron chi connectivity index (χ1n) is 12.6. The van der Waals surface area contributed by atoms with Gasteiger partial charge in [-0.1, -0.05) is 72.8 Å². The number of benzene rings is 4. The maximum atomic E-state index is 11.5. The number of carbonyl (C=O) groups is 2. The highest BCUT2D eigenvalue weighted by atomic mass is 16.5. The molecule has 5 heteroatoms. The molecule has 4 aromatic carbocycles. The number of pyridine rings is 1. The lowest BCUT2D eigenvalue weighted by Crippen LogP contribution is -1.94. The van der Waals surface area contributed by atoms with Gasteiger partial charge in [-0.25, -0.2) is 0 Å². The van der Waals surface area contributed by atoms with E-state index in [4.69, 9.17) is 9.47 Å². The van der Waals surface area contributed by atoms with Crippen molar-refractivity contribution in [3.05, 3.63) is 126 Å². The van der Waals surface area contributed by atoms with E-state index in [1.54, 1.807) is 13.8 Å². The summed E-state index contributed by atoms with van der Waals surface area (Å²) >= 11 is 0. The van der Waals surface area contributed by atoms with Gasteiger partial charge in [0.05, 0.1) is 0 Å². The third kappa shape index (κ3) is 6.28. The number of ketones is 2. The molecule has 0 radical (unpaired) electrons. The van der Waals surface area contributed by atoms with Crippen molar-refractivity contribution in [1.29, 1.82) is 0 Å². The van der Waals surface area contributed by atoms with Gasteiger partial charge in [-0.3, -0.25) is 9.59 Å². The van der Waals surface area contributed by atoms with Crippen molar-refractivity contribution in [2.24, 2.45) is 0 Å². The number of Topliss-reactive ketones (excluding diaryl/α,β-unsaturated/α-hetero) is 2. The molecule has 0 aliphatic heterocycles. The Balaban J connectivity index is 1.26. The normalized spacial score (nSPS) is 10.6. The first kappa shape index (κ1) is 25.6. The molecule has 5 aromatic rings. The first-order valence-corrected chi connectivity index (χ1v) is 12.6. The molecule has 0 atom stereocenters. The summed E-state index contributed by atoms with van der Waals surface area (Å²) in [4.78, 5) is 27.6. The quantitative estimate of drug-likeness (QED) is 0.194. The van der Waals surface area contributed by atoms with Crippen LogP contribution < -0.4 is 9.47 Å². The summed E-state index contributed by atoms with van der Waals surface area (Å²) in [5.74, 6) is 2.28. The molecule has 0 fully saturated rings. The molecule has 1 aromatic heterocycles. The van der Waals surface area contributed by atoms with Gasteiger partial charge in [0.1, 0.15) is 11.5 Å². The number of aromatic nitrogens is 1. The van der Waals surface area contributed by atoms with Crippen LogP contribution in [0, 0.1) is 6.92 Å². The van der Waals surface area contributed by atoms with Gasteiger partial charge in [0.25, 0.3) is 0 Å². The van der Waals surface area contributed by atoms with Crippen molar-refractivity contribution in [3.8, 4) is 45.5 Å². The Morgan fingerprint density at radius 3 is 1.13 bits per heavy atom. The van der Waals surface area contributed by atoms with Gasteiger partial charge >= 0.3 is 0 Å². The average Bonchev–Trinajstić information content (AvgIpc) is 2.94. The predicted octanol–water partition coefficient (Wildman–Crippen LogP) is 8.71. The highest BCUT2D eigenvalue weighted by Gasteiger charge is 2.08. The topological polar surface area (TPSA) is 65.5 Å². The Morgan fingerprint density at radius 1 is 0.513 bits per heavy atom. The molecule has 0 amide bonds. The van der Waals surface area contributed by atoms with Gasteiger partial charge < -0.3 is 9.47 Å². The molecule has 0 unspecified atom stereocenters. The molecule has 5 rings (SSSR count). The lowest BCUT2D eigenvalue weighted by atomic mass is 10.0. The van der Waals surface area contributed by atoms with E-state index in [-0.39, 0.29) is 11.6 Å². The molecule has 5 nitrogen and oxygen atoms in total. The molecular weight excluding hydrogens is 486 g/mol. The van der Waals surface area contributed by atoms with Crippen LogP contribution in [0.4, 0.5) is 0 Å². The van der Waals surface area contributed by atoms with Gasteiger partial charge in [0.2, 0.25) is 11.8 Å². The van der Waals surface area contributed by atoms with Crippen molar-refractivity contribution in [2.45, 2.75) is 20.8 Å². The van der Waals surface area contributed by atoms with Gasteiger partial charge in [0.15, 0.2) is 11.6 Å². The number of nitrogens with zero attached hydrogens (tertiary/aromatic N) is 1. The van der Waals surface area contributed by atoms with Gasteiger partial charge in [0, 0.05) is 23.3 Å². The number of hydrogen-bond donors (Lipinski definition) is 0. The fraction of sp³-hybridized carbons (Fsp3) is 0.0882. The molecule has 0 bridgehead atoms. The number of carbonyl (C=O) groups excluding carboxylic acids is 2. The zero-order chi connectivity index (χ0) is 27.4. The molecular formula is C34H27NO4. The van der Waals surface area contributed by atoms with E-state index in [1.165, 1.54) is 0 Å². The molecule has 1 heterocycles. The summed E-state index contributed by atoms with van der Waals surface area (Å²) in [5, 5.41) is 0. The van der Waals surface area contributed by atoms with Crippen LogP contribution >= 0.6 is 0 Å². The molecule has 0 saturated carbocycles. The predicted molar refractivity (Wildman–Crippen MR) is 153 cm³/mol. The summed E-state index contributed by atoms with van der Waals surface area (Å²) in [7, 11) is 0. The Kier molecular flexibility index (Phi) is 7.32. The minimum Gasteiger partial charge on any atom is -0.439 e. The van der Waals surface area contributed by atoms with Crippen LogP contribution in [0.25, 0.3) is 22.3 Å². The number of rotatable bonds is 8. The smallest absolute Gasteiger partial charge is 0.222 e. The van der Waals surface area contributed by atoms with Crippen molar-refractivity contribution in [3.63, 3.8) is 0 Å². The molecule has 0 aliphatic carbocycles. The second-order valence-electron chi connectivity index (χ2n) is 9.34. The minimum atomic E-state index is 0.0496. The van der Waals surface area contributed by atoms with Gasteiger partial charge in [-0.15, -0.1) is 0 Å². The third-order valence-electron chi connectivity index (χ3n) is 6.33. The van der Waals surface area contributed by atoms with Crippen molar-refractivity contribution in [2.75, 3.05) is 0 Å². The maximum Gasteiger partial charge on any atom is 0.222 e. The third-order valence-corrected chi connectivity index (χ3v) is 6.33. The van der Waals surface area contributed by atoms with E-state index < -0.39 is 0 Å². The standard InChI is InChI=1S/C34H27NO4/c1-22-20-33(38-31-16-12-29(13-17-31)27-8-4-25(5-9-27)23(2)36)35-34(21-22)39-32-18-14-30(15-19-32)28-10-6-26(7-11-28)24(3)37/h4-21H,1-3H3. The van der Waals surface area contributed by atoms with E-state index >= 15 is 0 Å². The van der Waals surface area contributed by atoms with Gasteiger partial charge in [-0.05, 0) is 72.9 Å². The average molecular weight is 514 g/mol. The van der Waals surface area contributed by atoms with E-state index in [9.17, 15) is 9.59 Å². The Hall–Kier alpha value is -5.03. The van der Waals surface area contributed by atoms with Crippen molar-refractivity contribution >= 4 is 11.6 Å².